The number of aromatic nitrogens is 1. The van der Waals surface area contributed by atoms with Crippen molar-refractivity contribution < 1.29 is 14.0 Å². The molecule has 1 N–H and O–H groups in total. The summed E-state index contributed by atoms with van der Waals surface area (Å²) in [5, 5.41) is 3.21. The number of hydrogen-bond donors (Lipinski definition) is 1. The Balaban J connectivity index is 2.08. The molecule has 0 aliphatic heterocycles. The van der Waals surface area contributed by atoms with E-state index in [4.69, 9.17) is 0 Å². The van der Waals surface area contributed by atoms with E-state index in [2.05, 4.69) is 5.32 Å². The molecule has 0 saturated heterocycles. The molecule has 2 aromatic carbocycles. The fourth-order valence-corrected chi connectivity index (χ4v) is 2.55. The number of nitrogens with zero attached hydrogens (tertiary/aromatic N) is 1. The van der Waals surface area contributed by atoms with Crippen molar-refractivity contribution in [2.24, 2.45) is 0 Å². The Morgan fingerprint density at radius 2 is 1.87 bits per heavy atom. The molecule has 23 heavy (non-hydrogen) atoms. The summed E-state index contributed by atoms with van der Waals surface area (Å²) < 4.78 is 14.9. The molecule has 0 spiro atoms. The van der Waals surface area contributed by atoms with Gasteiger partial charge in [-0.15, -0.1) is 0 Å². The van der Waals surface area contributed by atoms with Crippen LogP contribution in [0.4, 0.5) is 10.1 Å². The van der Waals surface area contributed by atoms with Crippen LogP contribution in [-0.4, -0.2) is 16.4 Å². The summed E-state index contributed by atoms with van der Waals surface area (Å²) in [6.07, 6.45) is 1.44. The van der Waals surface area contributed by atoms with E-state index < -0.39 is 5.82 Å². The van der Waals surface area contributed by atoms with E-state index in [1.54, 1.807) is 6.07 Å². The minimum atomic E-state index is -0.455. The quantitative estimate of drug-likeness (QED) is 0.778. The van der Waals surface area contributed by atoms with Gasteiger partial charge in [0.2, 0.25) is 5.91 Å². The number of carbonyl (C=O) groups excluding carboxylic acids is 2. The van der Waals surface area contributed by atoms with Crippen LogP contribution in [0.15, 0.2) is 48.7 Å². The molecule has 5 heteroatoms. The molecule has 116 valence electrons. The molecule has 1 amide bonds. The van der Waals surface area contributed by atoms with Crippen LogP contribution in [-0.2, 0) is 0 Å². The van der Waals surface area contributed by atoms with Crippen molar-refractivity contribution in [3.63, 3.8) is 0 Å². The predicted molar refractivity (Wildman–Crippen MR) is 87.3 cm³/mol. The fraction of sp³-hybridized carbons (Fsp3) is 0.111. The summed E-state index contributed by atoms with van der Waals surface area (Å²) in [4.78, 5) is 24.3. The SMILES string of the molecule is CC(=O)n1cc(C(=O)Nc2ccccc2C)c2cc(F)ccc21. The molecule has 3 aromatic rings. The molecule has 0 unspecified atom stereocenters. The molecule has 4 nitrogen and oxygen atoms in total. The average molecular weight is 310 g/mol. The van der Waals surface area contributed by atoms with E-state index in [1.165, 1.54) is 35.9 Å². The zero-order valence-corrected chi connectivity index (χ0v) is 12.8. The van der Waals surface area contributed by atoms with Crippen molar-refractivity contribution >= 4 is 28.4 Å². The highest BCUT2D eigenvalue weighted by Crippen LogP contribution is 2.24. The van der Waals surface area contributed by atoms with Crippen molar-refractivity contribution in [3.8, 4) is 0 Å². The van der Waals surface area contributed by atoms with Gasteiger partial charge in [0.25, 0.3) is 5.91 Å². The summed E-state index contributed by atoms with van der Waals surface area (Å²) in [5.41, 5.74) is 2.37. The van der Waals surface area contributed by atoms with Gasteiger partial charge < -0.3 is 5.32 Å². The monoisotopic (exact) mass is 310 g/mol. The number of halogens is 1. The van der Waals surface area contributed by atoms with Crippen molar-refractivity contribution in [1.29, 1.82) is 0 Å². The van der Waals surface area contributed by atoms with E-state index in [1.807, 2.05) is 25.1 Å². The molecule has 0 fully saturated rings. The number of aryl methyl sites for hydroxylation is 1. The number of fused-ring (bicyclic) bond motifs is 1. The van der Waals surface area contributed by atoms with Crippen molar-refractivity contribution in [2.45, 2.75) is 13.8 Å². The van der Waals surface area contributed by atoms with Crippen LogP contribution in [0.1, 0.15) is 27.6 Å². The first-order chi connectivity index (χ1) is 11.0. The van der Waals surface area contributed by atoms with Gasteiger partial charge in [0.05, 0.1) is 11.1 Å². The number of carbonyl (C=O) groups is 2. The van der Waals surface area contributed by atoms with Crippen LogP contribution in [0.3, 0.4) is 0 Å². The zero-order chi connectivity index (χ0) is 16.6. The number of anilines is 1. The lowest BCUT2D eigenvalue weighted by Gasteiger charge is -2.07. The normalized spacial score (nSPS) is 10.7. The molecule has 0 bridgehead atoms. The van der Waals surface area contributed by atoms with E-state index in [-0.39, 0.29) is 17.4 Å². The minimum Gasteiger partial charge on any atom is -0.322 e. The second kappa shape index (κ2) is 5.68. The number of amides is 1. The highest BCUT2D eigenvalue weighted by atomic mass is 19.1. The molecule has 0 atom stereocenters. The summed E-state index contributed by atoms with van der Waals surface area (Å²) in [6, 6.07) is 11.4. The highest BCUT2D eigenvalue weighted by molar-refractivity contribution is 6.14. The molecule has 0 aliphatic rings. The first-order valence-electron chi connectivity index (χ1n) is 7.16. The minimum absolute atomic E-state index is 0.239. The van der Waals surface area contributed by atoms with Gasteiger partial charge in [0.15, 0.2) is 0 Å². The van der Waals surface area contributed by atoms with Gasteiger partial charge in [-0.05, 0) is 36.8 Å². The fourth-order valence-electron chi connectivity index (χ4n) is 2.55. The smallest absolute Gasteiger partial charge is 0.257 e. The lowest BCUT2D eigenvalue weighted by Crippen LogP contribution is -2.12. The number of hydrogen-bond acceptors (Lipinski definition) is 2. The second-order valence-electron chi connectivity index (χ2n) is 5.36. The van der Waals surface area contributed by atoms with Crippen LogP contribution in [0.25, 0.3) is 10.9 Å². The average Bonchev–Trinajstić information content (AvgIpc) is 2.88. The van der Waals surface area contributed by atoms with Gasteiger partial charge in [-0.2, -0.15) is 0 Å². The largest absolute Gasteiger partial charge is 0.322 e. The maximum Gasteiger partial charge on any atom is 0.257 e. The Hall–Kier alpha value is -2.95. The van der Waals surface area contributed by atoms with Gasteiger partial charge in [-0.3, -0.25) is 14.2 Å². The maximum atomic E-state index is 13.6. The Kier molecular flexibility index (Phi) is 3.70. The maximum absolute atomic E-state index is 13.6. The number of nitrogens with one attached hydrogen (secondary N) is 1. The second-order valence-corrected chi connectivity index (χ2v) is 5.36. The number of para-hydroxylation sites is 1. The lowest BCUT2D eigenvalue weighted by molar-refractivity contribution is 0.0941. The first-order valence-corrected chi connectivity index (χ1v) is 7.16. The number of rotatable bonds is 2. The standard InChI is InChI=1S/C18H15FN2O2/c1-11-5-3-4-6-16(11)20-18(23)15-10-21(12(2)22)17-8-7-13(19)9-14(15)17/h3-10H,1-2H3,(H,20,23). The molecular formula is C18H15FN2O2. The summed E-state index contributed by atoms with van der Waals surface area (Å²) in [5.74, 6) is -1.07. The molecule has 0 radical (unpaired) electrons. The molecule has 0 aliphatic carbocycles. The van der Waals surface area contributed by atoms with Crippen molar-refractivity contribution in [1.82, 2.24) is 4.57 Å². The molecule has 1 aromatic heterocycles. The van der Waals surface area contributed by atoms with E-state index >= 15 is 0 Å². The summed E-state index contributed by atoms with van der Waals surface area (Å²) in [7, 11) is 0. The van der Waals surface area contributed by atoms with Gasteiger partial charge in [0, 0.05) is 24.2 Å². The first kappa shape index (κ1) is 15.0. The van der Waals surface area contributed by atoms with E-state index in [9.17, 15) is 14.0 Å². The zero-order valence-electron chi connectivity index (χ0n) is 12.8. The van der Waals surface area contributed by atoms with E-state index in [0.717, 1.165) is 5.56 Å². The summed E-state index contributed by atoms with van der Waals surface area (Å²) in [6.45, 7) is 3.28. The molecule has 3 rings (SSSR count). The van der Waals surface area contributed by atoms with Gasteiger partial charge in [-0.1, -0.05) is 18.2 Å². The highest BCUT2D eigenvalue weighted by Gasteiger charge is 2.18. The predicted octanol–water partition coefficient (Wildman–Crippen LogP) is 4.00. The third-order valence-corrected chi connectivity index (χ3v) is 3.74. The Morgan fingerprint density at radius 3 is 2.57 bits per heavy atom. The Bertz CT molecular complexity index is 928. The van der Waals surface area contributed by atoms with Crippen LogP contribution in [0.5, 0.6) is 0 Å². The lowest BCUT2D eigenvalue weighted by atomic mass is 10.1. The third kappa shape index (κ3) is 2.73. The topological polar surface area (TPSA) is 51.1 Å². The van der Waals surface area contributed by atoms with Gasteiger partial charge >= 0.3 is 0 Å². The van der Waals surface area contributed by atoms with E-state index in [0.29, 0.717) is 16.6 Å². The Labute approximate surface area is 132 Å². The molecule has 1 heterocycles. The van der Waals surface area contributed by atoms with Crippen LogP contribution in [0.2, 0.25) is 0 Å². The molecular weight excluding hydrogens is 295 g/mol. The van der Waals surface area contributed by atoms with Crippen LogP contribution >= 0.6 is 0 Å². The van der Waals surface area contributed by atoms with Crippen LogP contribution < -0.4 is 5.32 Å². The van der Waals surface area contributed by atoms with Crippen molar-refractivity contribution in [3.05, 3.63) is 65.6 Å². The van der Waals surface area contributed by atoms with Gasteiger partial charge in [0.1, 0.15) is 5.82 Å². The molecule has 0 saturated carbocycles. The summed E-state index contributed by atoms with van der Waals surface area (Å²) >= 11 is 0. The Morgan fingerprint density at radius 1 is 1.13 bits per heavy atom. The van der Waals surface area contributed by atoms with Crippen LogP contribution in [0, 0.1) is 12.7 Å². The third-order valence-electron chi connectivity index (χ3n) is 3.74. The number of benzene rings is 2. The van der Waals surface area contributed by atoms with Gasteiger partial charge in [-0.25, -0.2) is 4.39 Å². The van der Waals surface area contributed by atoms with Crippen molar-refractivity contribution in [2.75, 3.05) is 5.32 Å².